The largest absolute Gasteiger partial charge is 0.480 e. The van der Waals surface area contributed by atoms with Crippen LogP contribution in [0.5, 0.6) is 0 Å². The maximum atomic E-state index is 11.7. The summed E-state index contributed by atoms with van der Waals surface area (Å²) in [5.74, 6) is -2.13. The van der Waals surface area contributed by atoms with Crippen LogP contribution in [-0.2, 0) is 16.0 Å². The van der Waals surface area contributed by atoms with Crippen molar-refractivity contribution in [1.29, 1.82) is 0 Å². The first-order chi connectivity index (χ1) is 13.2. The van der Waals surface area contributed by atoms with Gasteiger partial charge in [-0.15, -0.1) is 0 Å². The monoisotopic (exact) mass is 427 g/mol. The lowest BCUT2D eigenvalue weighted by molar-refractivity contribution is -0.142. The summed E-state index contributed by atoms with van der Waals surface area (Å²) in [4.78, 5) is 27.3. The summed E-state index contributed by atoms with van der Waals surface area (Å²) in [7, 11) is 0. The first kappa shape index (κ1) is 22.2. The summed E-state index contributed by atoms with van der Waals surface area (Å²) in [5, 5.41) is 22.2. The smallest absolute Gasteiger partial charge is 0.321 e. The second-order valence-corrected chi connectivity index (χ2v) is 7.75. The number of carboxylic acids is 2. The van der Waals surface area contributed by atoms with Crippen LogP contribution in [0.3, 0.4) is 0 Å². The van der Waals surface area contributed by atoms with Gasteiger partial charge < -0.3 is 14.8 Å². The number of aromatic nitrogens is 2. The third kappa shape index (κ3) is 5.70. The molecular weight excluding hydrogens is 405 g/mol. The van der Waals surface area contributed by atoms with Crippen molar-refractivity contribution in [2.75, 3.05) is 0 Å². The highest BCUT2D eigenvalue weighted by Gasteiger charge is 2.28. The average molecular weight is 428 g/mol. The number of aliphatic carboxylic acids is 2. The molecule has 28 heavy (non-hydrogen) atoms. The van der Waals surface area contributed by atoms with Crippen molar-refractivity contribution in [2.45, 2.75) is 44.3 Å². The lowest BCUT2D eigenvalue weighted by Crippen LogP contribution is -2.49. The SMILES string of the molecule is CC(C)CC(NC(Cc1cncn1C(Cl)c1ccccc1Cl)C(=O)O)C(=O)O. The lowest BCUT2D eigenvalue weighted by atomic mass is 10.0. The van der Waals surface area contributed by atoms with Crippen molar-refractivity contribution < 1.29 is 19.8 Å². The van der Waals surface area contributed by atoms with Gasteiger partial charge >= 0.3 is 11.9 Å². The Morgan fingerprint density at radius 3 is 2.39 bits per heavy atom. The Morgan fingerprint density at radius 2 is 1.82 bits per heavy atom. The van der Waals surface area contributed by atoms with Crippen LogP contribution in [-0.4, -0.2) is 43.8 Å². The third-order valence-electron chi connectivity index (χ3n) is 4.27. The number of halogens is 2. The summed E-state index contributed by atoms with van der Waals surface area (Å²) in [6.07, 6.45) is 3.35. The Labute approximate surface area is 173 Å². The molecule has 0 saturated heterocycles. The van der Waals surface area contributed by atoms with Gasteiger partial charge in [0.25, 0.3) is 0 Å². The molecule has 3 atom stereocenters. The first-order valence-corrected chi connectivity index (χ1v) is 9.63. The van der Waals surface area contributed by atoms with Gasteiger partial charge in [-0.3, -0.25) is 14.9 Å². The van der Waals surface area contributed by atoms with Crippen LogP contribution in [0.1, 0.15) is 37.0 Å². The standard InChI is InChI=1S/C19H23Cl2N3O4/c1-11(2)7-15(18(25)26)23-16(19(27)28)8-12-9-22-10-24(12)17(21)13-5-3-4-6-14(13)20/h3-6,9-11,15-17,23H,7-8H2,1-2H3,(H,25,26)(H,27,28). The molecule has 1 aromatic heterocycles. The third-order valence-corrected chi connectivity index (χ3v) is 5.06. The zero-order valence-corrected chi connectivity index (χ0v) is 17.1. The van der Waals surface area contributed by atoms with Crippen LogP contribution in [0, 0.1) is 5.92 Å². The van der Waals surface area contributed by atoms with Crippen molar-refractivity contribution >= 4 is 35.1 Å². The molecule has 0 amide bonds. The maximum Gasteiger partial charge on any atom is 0.321 e. The van der Waals surface area contributed by atoms with Crippen LogP contribution in [0.2, 0.25) is 5.02 Å². The van der Waals surface area contributed by atoms with Gasteiger partial charge in [-0.05, 0) is 18.4 Å². The molecule has 0 aliphatic heterocycles. The van der Waals surface area contributed by atoms with Gasteiger partial charge in [0.1, 0.15) is 17.6 Å². The van der Waals surface area contributed by atoms with Crippen molar-refractivity contribution in [3.05, 3.63) is 53.1 Å². The van der Waals surface area contributed by atoms with Crippen molar-refractivity contribution in [1.82, 2.24) is 14.9 Å². The Kier molecular flexibility index (Phi) is 7.86. The molecule has 0 saturated carbocycles. The summed E-state index contributed by atoms with van der Waals surface area (Å²) in [6, 6.07) is 5.01. The Hall–Kier alpha value is -2.09. The van der Waals surface area contributed by atoms with Gasteiger partial charge in [-0.1, -0.05) is 55.2 Å². The Morgan fingerprint density at radius 1 is 1.18 bits per heavy atom. The molecule has 1 heterocycles. The van der Waals surface area contributed by atoms with Gasteiger partial charge in [-0.25, -0.2) is 4.98 Å². The molecule has 2 aromatic rings. The molecule has 2 rings (SSSR count). The fourth-order valence-electron chi connectivity index (χ4n) is 2.89. The molecule has 0 aliphatic carbocycles. The van der Waals surface area contributed by atoms with Crippen molar-refractivity contribution in [2.24, 2.45) is 5.92 Å². The predicted octanol–water partition coefficient (Wildman–Crippen LogP) is 3.41. The minimum absolute atomic E-state index is 0.0187. The average Bonchev–Trinajstić information content (AvgIpc) is 3.07. The van der Waals surface area contributed by atoms with E-state index in [-0.39, 0.29) is 12.3 Å². The number of nitrogens with one attached hydrogen (secondary N) is 1. The predicted molar refractivity (Wildman–Crippen MR) is 107 cm³/mol. The van der Waals surface area contributed by atoms with Gasteiger partial charge in [0.2, 0.25) is 0 Å². The molecule has 3 unspecified atom stereocenters. The Bertz CT molecular complexity index is 825. The fraction of sp³-hybridized carbons (Fsp3) is 0.421. The highest BCUT2D eigenvalue weighted by molar-refractivity contribution is 6.32. The van der Waals surface area contributed by atoms with E-state index in [1.54, 1.807) is 28.8 Å². The van der Waals surface area contributed by atoms with Crippen molar-refractivity contribution in [3.8, 4) is 0 Å². The molecular formula is C19H23Cl2N3O4. The number of imidazole rings is 1. The second-order valence-electron chi connectivity index (χ2n) is 6.93. The normalized spacial score (nSPS) is 14.6. The topological polar surface area (TPSA) is 104 Å². The van der Waals surface area contributed by atoms with E-state index in [0.717, 1.165) is 0 Å². The summed E-state index contributed by atoms with van der Waals surface area (Å²) in [5.41, 5.74) is 0.535. The molecule has 0 spiro atoms. The number of rotatable bonds is 10. The van der Waals surface area contributed by atoms with E-state index in [2.05, 4.69) is 10.3 Å². The van der Waals surface area contributed by atoms with Crippen molar-refractivity contribution in [3.63, 3.8) is 0 Å². The van der Waals surface area contributed by atoms with Crippen LogP contribution < -0.4 is 5.32 Å². The molecule has 0 radical (unpaired) electrons. The van der Waals surface area contributed by atoms with E-state index >= 15 is 0 Å². The quantitative estimate of drug-likeness (QED) is 0.501. The number of carboxylic acid groups (broad SMARTS) is 2. The summed E-state index contributed by atoms with van der Waals surface area (Å²) >= 11 is 12.8. The molecule has 0 aliphatic rings. The molecule has 7 nitrogen and oxygen atoms in total. The zero-order chi connectivity index (χ0) is 20.8. The highest BCUT2D eigenvalue weighted by atomic mass is 35.5. The van der Waals surface area contributed by atoms with E-state index in [1.165, 1.54) is 12.5 Å². The van der Waals surface area contributed by atoms with Crippen LogP contribution >= 0.6 is 23.2 Å². The van der Waals surface area contributed by atoms with Crippen LogP contribution in [0.15, 0.2) is 36.8 Å². The molecule has 0 fully saturated rings. The first-order valence-electron chi connectivity index (χ1n) is 8.81. The number of hydrogen-bond acceptors (Lipinski definition) is 4. The molecule has 9 heteroatoms. The Balaban J connectivity index is 2.23. The summed E-state index contributed by atoms with van der Waals surface area (Å²) in [6.45, 7) is 3.76. The zero-order valence-electron chi connectivity index (χ0n) is 15.5. The maximum absolute atomic E-state index is 11.7. The molecule has 152 valence electrons. The number of carbonyl (C=O) groups is 2. The van der Waals surface area contributed by atoms with Crippen LogP contribution in [0.4, 0.5) is 0 Å². The lowest BCUT2D eigenvalue weighted by Gasteiger charge is -2.23. The molecule has 0 bridgehead atoms. The number of nitrogens with zero attached hydrogens (tertiary/aromatic N) is 2. The van der Waals surface area contributed by atoms with Gasteiger partial charge in [0.05, 0.1) is 6.33 Å². The van der Waals surface area contributed by atoms with E-state index in [1.807, 2.05) is 13.8 Å². The van der Waals surface area contributed by atoms with Gasteiger partial charge in [0.15, 0.2) is 0 Å². The minimum atomic E-state index is -1.15. The second kappa shape index (κ2) is 9.91. The fourth-order valence-corrected chi connectivity index (χ4v) is 3.55. The van der Waals surface area contributed by atoms with E-state index in [0.29, 0.717) is 22.7 Å². The molecule has 1 aromatic carbocycles. The number of alkyl halides is 1. The van der Waals surface area contributed by atoms with Gasteiger partial charge in [0, 0.05) is 28.9 Å². The molecule has 3 N–H and O–H groups in total. The van der Waals surface area contributed by atoms with Crippen LogP contribution in [0.25, 0.3) is 0 Å². The summed E-state index contributed by atoms with van der Waals surface area (Å²) < 4.78 is 1.62. The minimum Gasteiger partial charge on any atom is -0.480 e. The number of benzene rings is 1. The van der Waals surface area contributed by atoms with E-state index < -0.39 is 29.5 Å². The van der Waals surface area contributed by atoms with Gasteiger partial charge in [-0.2, -0.15) is 0 Å². The highest BCUT2D eigenvalue weighted by Crippen LogP contribution is 2.30. The number of hydrogen-bond donors (Lipinski definition) is 3. The van der Waals surface area contributed by atoms with E-state index in [9.17, 15) is 19.8 Å². The van der Waals surface area contributed by atoms with E-state index in [4.69, 9.17) is 23.2 Å².